The van der Waals surface area contributed by atoms with Crippen molar-refractivity contribution in [2.24, 2.45) is 0 Å². The molecule has 0 spiro atoms. The van der Waals surface area contributed by atoms with Gasteiger partial charge >= 0.3 is 0 Å². The highest BCUT2D eigenvalue weighted by Gasteiger charge is 2.21. The van der Waals surface area contributed by atoms with Crippen molar-refractivity contribution in [2.75, 3.05) is 37.0 Å². The van der Waals surface area contributed by atoms with Crippen LogP contribution in [0.3, 0.4) is 0 Å². The fourth-order valence-electron chi connectivity index (χ4n) is 2.62. The molecular weight excluding hydrogens is 320 g/mol. The molecule has 1 saturated heterocycles. The number of aryl methyl sites for hydroxylation is 1. The third kappa shape index (κ3) is 5.43. The minimum Gasteiger partial charge on any atom is -0.367 e. The number of pyridine rings is 1. The van der Waals surface area contributed by atoms with Crippen molar-refractivity contribution in [1.82, 2.24) is 9.88 Å². The van der Waals surface area contributed by atoms with Gasteiger partial charge in [0.2, 0.25) is 0 Å². The highest BCUT2D eigenvalue weighted by molar-refractivity contribution is 7.90. The summed E-state index contributed by atoms with van der Waals surface area (Å²) < 4.78 is 22.4. The molecule has 8 nitrogen and oxygen atoms in total. The zero-order chi connectivity index (χ0) is 17.0. The molecule has 0 radical (unpaired) electrons. The Hall–Kier alpha value is -1.74. The first kappa shape index (κ1) is 17.6. The van der Waals surface area contributed by atoms with Crippen molar-refractivity contribution in [1.29, 1.82) is 0 Å². The SMILES string of the molecule is Cc1cc(NC2CCN(CCS(C)(=O)=O)CC2)ncc1[N+](=O)[O-]. The molecule has 0 bridgehead atoms. The van der Waals surface area contributed by atoms with Crippen molar-refractivity contribution < 1.29 is 13.3 Å². The molecular formula is C14H22N4O4S. The molecule has 1 aliphatic heterocycles. The predicted octanol–water partition coefficient (Wildman–Crippen LogP) is 1.22. The Bertz CT molecular complexity index is 669. The van der Waals surface area contributed by atoms with Gasteiger partial charge in [-0.2, -0.15) is 0 Å². The number of sulfone groups is 1. The summed E-state index contributed by atoms with van der Waals surface area (Å²) in [6.45, 7) is 3.93. The van der Waals surface area contributed by atoms with Crippen molar-refractivity contribution >= 4 is 21.3 Å². The molecule has 1 aromatic rings. The second-order valence-electron chi connectivity index (χ2n) is 6.00. The predicted molar refractivity (Wildman–Crippen MR) is 88.4 cm³/mol. The van der Waals surface area contributed by atoms with Crippen LogP contribution >= 0.6 is 0 Å². The monoisotopic (exact) mass is 342 g/mol. The van der Waals surface area contributed by atoms with Gasteiger partial charge in [0.05, 0.1) is 10.7 Å². The second-order valence-corrected chi connectivity index (χ2v) is 8.26. The van der Waals surface area contributed by atoms with Crippen molar-refractivity contribution in [2.45, 2.75) is 25.8 Å². The summed E-state index contributed by atoms with van der Waals surface area (Å²) in [6.07, 6.45) is 4.31. The van der Waals surface area contributed by atoms with Gasteiger partial charge in [0.1, 0.15) is 21.9 Å². The fourth-order valence-corrected chi connectivity index (χ4v) is 3.21. The lowest BCUT2D eigenvalue weighted by molar-refractivity contribution is -0.385. The zero-order valence-corrected chi connectivity index (χ0v) is 14.2. The average molecular weight is 342 g/mol. The minimum absolute atomic E-state index is 0.0196. The van der Waals surface area contributed by atoms with Gasteiger partial charge in [-0.1, -0.05) is 0 Å². The van der Waals surface area contributed by atoms with Gasteiger partial charge in [0, 0.05) is 37.5 Å². The minimum atomic E-state index is -2.92. The summed E-state index contributed by atoms with van der Waals surface area (Å²) in [5.74, 6) is 0.830. The molecule has 0 amide bonds. The number of likely N-dealkylation sites (tertiary alicyclic amines) is 1. The first-order chi connectivity index (χ1) is 10.7. The van der Waals surface area contributed by atoms with Crippen LogP contribution in [0.25, 0.3) is 0 Å². The zero-order valence-electron chi connectivity index (χ0n) is 13.4. The second kappa shape index (κ2) is 7.22. The molecule has 1 aliphatic rings. The maximum atomic E-state index is 11.2. The summed E-state index contributed by atoms with van der Waals surface area (Å²) in [7, 11) is -2.92. The highest BCUT2D eigenvalue weighted by Crippen LogP contribution is 2.21. The van der Waals surface area contributed by atoms with Gasteiger partial charge in [-0.05, 0) is 25.8 Å². The normalized spacial score (nSPS) is 17.1. The van der Waals surface area contributed by atoms with E-state index in [2.05, 4.69) is 15.2 Å². The lowest BCUT2D eigenvalue weighted by Gasteiger charge is -2.32. The topological polar surface area (TPSA) is 105 Å². The largest absolute Gasteiger partial charge is 0.367 e. The van der Waals surface area contributed by atoms with Crippen LogP contribution in [0.4, 0.5) is 11.5 Å². The number of nitro groups is 1. The van der Waals surface area contributed by atoms with Crippen LogP contribution in [0, 0.1) is 17.0 Å². The van der Waals surface area contributed by atoms with Gasteiger partial charge < -0.3 is 10.2 Å². The smallest absolute Gasteiger partial charge is 0.290 e. The van der Waals surface area contributed by atoms with Crippen molar-refractivity contribution in [3.63, 3.8) is 0 Å². The Labute approximate surface area is 136 Å². The molecule has 23 heavy (non-hydrogen) atoms. The van der Waals surface area contributed by atoms with Crippen LogP contribution in [-0.2, 0) is 9.84 Å². The van der Waals surface area contributed by atoms with Crippen LogP contribution in [0.2, 0.25) is 0 Å². The third-order valence-corrected chi connectivity index (χ3v) is 4.92. The van der Waals surface area contributed by atoms with E-state index >= 15 is 0 Å². The number of anilines is 1. The van der Waals surface area contributed by atoms with E-state index in [9.17, 15) is 18.5 Å². The van der Waals surface area contributed by atoms with Crippen LogP contribution in [0.1, 0.15) is 18.4 Å². The molecule has 0 atom stereocenters. The molecule has 0 saturated carbocycles. The summed E-state index contributed by atoms with van der Waals surface area (Å²) in [5, 5.41) is 14.1. The highest BCUT2D eigenvalue weighted by atomic mass is 32.2. The van der Waals surface area contributed by atoms with Crippen molar-refractivity contribution in [3.8, 4) is 0 Å². The molecule has 128 valence electrons. The summed E-state index contributed by atoms with van der Waals surface area (Å²) in [6, 6.07) is 1.94. The molecule has 2 rings (SSSR count). The number of aromatic nitrogens is 1. The molecule has 0 unspecified atom stereocenters. The summed E-state index contributed by atoms with van der Waals surface area (Å²) in [5.41, 5.74) is 0.601. The van der Waals surface area contributed by atoms with Crippen LogP contribution in [0.5, 0.6) is 0 Å². The Balaban J connectivity index is 1.85. The fraction of sp³-hybridized carbons (Fsp3) is 0.643. The molecule has 0 aliphatic carbocycles. The third-order valence-electron chi connectivity index (χ3n) is 4.00. The van der Waals surface area contributed by atoms with Gasteiger partial charge in [-0.15, -0.1) is 0 Å². The molecule has 1 fully saturated rings. The van der Waals surface area contributed by atoms with E-state index in [0.717, 1.165) is 25.9 Å². The van der Waals surface area contributed by atoms with E-state index < -0.39 is 14.8 Å². The van der Waals surface area contributed by atoms with Gasteiger partial charge in [0.15, 0.2) is 0 Å². The maximum absolute atomic E-state index is 11.2. The summed E-state index contributed by atoms with van der Waals surface area (Å²) >= 11 is 0. The lowest BCUT2D eigenvalue weighted by atomic mass is 10.1. The molecule has 9 heteroatoms. The average Bonchev–Trinajstić information content (AvgIpc) is 2.45. The van der Waals surface area contributed by atoms with Crippen LogP contribution in [-0.4, -0.2) is 60.9 Å². The lowest BCUT2D eigenvalue weighted by Crippen LogP contribution is -2.41. The standard InChI is InChI=1S/C14H22N4O4S/c1-11-9-14(15-10-13(11)18(19)20)16-12-3-5-17(6-4-12)7-8-23(2,21)22/h9-10,12H,3-8H2,1-2H3,(H,15,16). The van der Waals surface area contributed by atoms with Gasteiger partial charge in [-0.3, -0.25) is 10.1 Å². The van der Waals surface area contributed by atoms with Crippen LogP contribution in [0.15, 0.2) is 12.3 Å². The van der Waals surface area contributed by atoms with Gasteiger partial charge in [-0.25, -0.2) is 13.4 Å². The van der Waals surface area contributed by atoms with E-state index in [1.807, 2.05) is 0 Å². The van der Waals surface area contributed by atoms with E-state index in [0.29, 0.717) is 17.9 Å². The van der Waals surface area contributed by atoms with E-state index in [-0.39, 0.29) is 17.5 Å². The molecule has 1 N–H and O–H groups in total. The summed E-state index contributed by atoms with van der Waals surface area (Å²) in [4.78, 5) is 16.6. The maximum Gasteiger partial charge on any atom is 0.290 e. The van der Waals surface area contributed by atoms with E-state index in [4.69, 9.17) is 0 Å². The first-order valence-electron chi connectivity index (χ1n) is 7.52. The van der Waals surface area contributed by atoms with Crippen LogP contribution < -0.4 is 5.32 Å². The van der Waals surface area contributed by atoms with E-state index in [1.165, 1.54) is 12.5 Å². The van der Waals surface area contributed by atoms with Gasteiger partial charge in [0.25, 0.3) is 5.69 Å². The molecule has 2 heterocycles. The molecule has 0 aromatic carbocycles. The number of nitrogens with one attached hydrogen (secondary N) is 1. The first-order valence-corrected chi connectivity index (χ1v) is 9.58. The number of rotatable bonds is 6. The molecule has 1 aromatic heterocycles. The Morgan fingerprint density at radius 2 is 2.09 bits per heavy atom. The number of hydrogen-bond donors (Lipinski definition) is 1. The number of piperidine rings is 1. The Morgan fingerprint density at radius 1 is 1.43 bits per heavy atom. The van der Waals surface area contributed by atoms with Crippen molar-refractivity contribution in [3.05, 3.63) is 27.9 Å². The Kier molecular flexibility index (Phi) is 5.53. The number of nitrogens with zero attached hydrogens (tertiary/aromatic N) is 3. The Morgan fingerprint density at radius 3 is 2.61 bits per heavy atom. The van der Waals surface area contributed by atoms with E-state index in [1.54, 1.807) is 13.0 Å². The number of hydrogen-bond acceptors (Lipinski definition) is 7. The quantitative estimate of drug-likeness (QED) is 0.612.